The predicted octanol–water partition coefficient (Wildman–Crippen LogP) is 8.70. The van der Waals surface area contributed by atoms with E-state index in [0.717, 1.165) is 42.3 Å². The molecule has 0 aliphatic carbocycles. The molecule has 0 nitrogen and oxygen atoms in total. The largest absolute Gasteiger partial charge is 0.206 e. The molecule has 0 saturated heterocycles. The minimum absolute atomic E-state index is 0.214. The first-order valence-corrected chi connectivity index (χ1v) is 12.4. The lowest BCUT2D eigenvalue weighted by molar-refractivity contribution is 0.445. The second-order valence-electron chi connectivity index (χ2n) is 9.24. The van der Waals surface area contributed by atoms with E-state index in [9.17, 15) is 13.2 Å². The molecule has 0 aliphatic heterocycles. The molecule has 182 valence electrons. The standard InChI is InChI=1S/C31H30F4/c1-2-3-4-5-21-6-8-22(9-7-21)10-11-23-13-17-27-26(18-23)16-15-25(30(27)34)14-12-24-19-28(32)31(35)29(33)20-24/h6-9,13,15-20H,2-5,10-12,14H2,1H3. The molecule has 4 rings (SSSR count). The monoisotopic (exact) mass is 478 g/mol. The summed E-state index contributed by atoms with van der Waals surface area (Å²) in [7, 11) is 0. The van der Waals surface area contributed by atoms with Crippen molar-refractivity contribution >= 4 is 10.8 Å². The average molecular weight is 479 g/mol. The molecule has 0 radical (unpaired) electrons. The van der Waals surface area contributed by atoms with Gasteiger partial charge in [0.05, 0.1) is 0 Å². The number of benzene rings is 4. The molecule has 0 fully saturated rings. The van der Waals surface area contributed by atoms with Crippen LogP contribution < -0.4 is 0 Å². The zero-order valence-electron chi connectivity index (χ0n) is 20.0. The van der Waals surface area contributed by atoms with Crippen molar-refractivity contribution in [1.82, 2.24) is 0 Å². The van der Waals surface area contributed by atoms with Crippen molar-refractivity contribution in [1.29, 1.82) is 0 Å². The van der Waals surface area contributed by atoms with E-state index in [1.807, 2.05) is 18.2 Å². The lowest BCUT2D eigenvalue weighted by Crippen LogP contribution is -1.99. The molecule has 0 N–H and O–H groups in total. The molecule has 0 atom stereocenters. The second kappa shape index (κ2) is 11.5. The summed E-state index contributed by atoms with van der Waals surface area (Å²) in [6, 6.07) is 20.1. The molecule has 0 saturated carbocycles. The van der Waals surface area contributed by atoms with Gasteiger partial charge in [-0.05, 0) is 83.9 Å². The van der Waals surface area contributed by atoms with Gasteiger partial charge in [0.2, 0.25) is 0 Å². The summed E-state index contributed by atoms with van der Waals surface area (Å²) in [6.45, 7) is 2.21. The van der Waals surface area contributed by atoms with Crippen LogP contribution in [0.4, 0.5) is 17.6 Å². The van der Waals surface area contributed by atoms with Crippen LogP contribution in [0.1, 0.15) is 54.0 Å². The average Bonchev–Trinajstić information content (AvgIpc) is 2.86. The van der Waals surface area contributed by atoms with Gasteiger partial charge in [0, 0.05) is 5.39 Å². The van der Waals surface area contributed by atoms with E-state index in [2.05, 4.69) is 31.2 Å². The van der Waals surface area contributed by atoms with Gasteiger partial charge in [0.1, 0.15) is 5.82 Å². The third-order valence-corrected chi connectivity index (χ3v) is 6.62. The Morgan fingerprint density at radius 3 is 1.80 bits per heavy atom. The Labute approximate surface area is 204 Å². The van der Waals surface area contributed by atoms with E-state index in [0.29, 0.717) is 16.5 Å². The minimum atomic E-state index is -1.49. The first-order chi connectivity index (χ1) is 16.9. The molecule has 0 aliphatic rings. The third kappa shape index (κ3) is 6.30. The Balaban J connectivity index is 1.39. The molecule has 0 amide bonds. The summed E-state index contributed by atoms with van der Waals surface area (Å²) in [5.74, 6) is -4.26. The number of hydrogen-bond donors (Lipinski definition) is 0. The van der Waals surface area contributed by atoms with Crippen LogP contribution in [-0.4, -0.2) is 0 Å². The minimum Gasteiger partial charge on any atom is -0.206 e. The van der Waals surface area contributed by atoms with Crippen molar-refractivity contribution < 1.29 is 17.6 Å². The maximum atomic E-state index is 15.1. The summed E-state index contributed by atoms with van der Waals surface area (Å²) >= 11 is 0. The molecular weight excluding hydrogens is 448 g/mol. The van der Waals surface area contributed by atoms with Crippen LogP contribution >= 0.6 is 0 Å². The molecule has 35 heavy (non-hydrogen) atoms. The zero-order valence-corrected chi connectivity index (χ0v) is 20.0. The van der Waals surface area contributed by atoms with E-state index in [-0.39, 0.29) is 18.7 Å². The molecule has 0 unspecified atom stereocenters. The number of aryl methyl sites for hydroxylation is 5. The van der Waals surface area contributed by atoms with Gasteiger partial charge in [-0.25, -0.2) is 17.6 Å². The van der Waals surface area contributed by atoms with Gasteiger partial charge < -0.3 is 0 Å². The fraction of sp³-hybridized carbons (Fsp3) is 0.290. The van der Waals surface area contributed by atoms with Gasteiger partial charge in [-0.1, -0.05) is 74.4 Å². The SMILES string of the molecule is CCCCCc1ccc(CCc2ccc3c(F)c(CCc4cc(F)c(F)c(F)c4)ccc3c2)cc1. The molecule has 0 heterocycles. The van der Waals surface area contributed by atoms with Crippen molar-refractivity contribution in [3.8, 4) is 0 Å². The molecule has 0 bridgehead atoms. The Kier molecular flexibility index (Phi) is 8.22. The topological polar surface area (TPSA) is 0 Å². The molecule has 0 aromatic heterocycles. The number of rotatable bonds is 10. The number of fused-ring (bicyclic) bond motifs is 1. The molecule has 4 heteroatoms. The number of unbranched alkanes of at least 4 members (excludes halogenated alkanes) is 2. The smallest absolute Gasteiger partial charge is 0.194 e. The normalized spacial score (nSPS) is 11.3. The highest BCUT2D eigenvalue weighted by molar-refractivity contribution is 5.84. The second-order valence-corrected chi connectivity index (χ2v) is 9.24. The summed E-state index contributed by atoms with van der Waals surface area (Å²) in [6.07, 6.45) is 7.13. The van der Waals surface area contributed by atoms with Gasteiger partial charge in [-0.2, -0.15) is 0 Å². The fourth-order valence-corrected chi connectivity index (χ4v) is 4.51. The summed E-state index contributed by atoms with van der Waals surface area (Å²) in [5.41, 5.74) is 4.59. The highest BCUT2D eigenvalue weighted by Gasteiger charge is 2.13. The Hall–Kier alpha value is -3.14. The van der Waals surface area contributed by atoms with Gasteiger partial charge in [-0.3, -0.25) is 0 Å². The third-order valence-electron chi connectivity index (χ3n) is 6.62. The van der Waals surface area contributed by atoms with E-state index >= 15 is 4.39 Å². The first-order valence-electron chi connectivity index (χ1n) is 12.4. The first kappa shape index (κ1) is 25.0. The lowest BCUT2D eigenvalue weighted by atomic mass is 9.97. The van der Waals surface area contributed by atoms with Gasteiger partial charge >= 0.3 is 0 Å². The van der Waals surface area contributed by atoms with E-state index < -0.39 is 17.5 Å². The lowest BCUT2D eigenvalue weighted by Gasteiger charge is -2.10. The Morgan fingerprint density at radius 1 is 0.514 bits per heavy atom. The molecular formula is C31H30F4. The van der Waals surface area contributed by atoms with Crippen LogP contribution in [0.15, 0.2) is 66.7 Å². The fourth-order valence-electron chi connectivity index (χ4n) is 4.51. The highest BCUT2D eigenvalue weighted by Crippen LogP contribution is 2.25. The maximum absolute atomic E-state index is 15.1. The summed E-state index contributed by atoms with van der Waals surface area (Å²) < 4.78 is 55.2. The van der Waals surface area contributed by atoms with Crippen LogP contribution in [0.25, 0.3) is 10.8 Å². The maximum Gasteiger partial charge on any atom is 0.194 e. The molecule has 4 aromatic carbocycles. The van der Waals surface area contributed by atoms with Crippen LogP contribution in [0, 0.1) is 23.3 Å². The van der Waals surface area contributed by atoms with Gasteiger partial charge in [0.25, 0.3) is 0 Å². The molecule has 4 aromatic rings. The van der Waals surface area contributed by atoms with Crippen LogP contribution in [0.5, 0.6) is 0 Å². The number of halogens is 4. The van der Waals surface area contributed by atoms with Crippen LogP contribution in [-0.2, 0) is 32.1 Å². The van der Waals surface area contributed by atoms with Crippen molar-refractivity contribution in [2.45, 2.75) is 58.3 Å². The quantitative estimate of drug-likeness (QED) is 0.121. The highest BCUT2D eigenvalue weighted by atomic mass is 19.2. The van der Waals surface area contributed by atoms with Crippen molar-refractivity contribution in [2.75, 3.05) is 0 Å². The van der Waals surface area contributed by atoms with Gasteiger partial charge in [-0.15, -0.1) is 0 Å². The molecule has 0 spiro atoms. The zero-order chi connectivity index (χ0) is 24.8. The Bertz CT molecular complexity index is 1270. The predicted molar refractivity (Wildman–Crippen MR) is 135 cm³/mol. The summed E-state index contributed by atoms with van der Waals surface area (Å²) in [4.78, 5) is 0. The van der Waals surface area contributed by atoms with Gasteiger partial charge in [0.15, 0.2) is 17.5 Å². The van der Waals surface area contributed by atoms with Crippen molar-refractivity contribution in [3.05, 3.63) is 118 Å². The van der Waals surface area contributed by atoms with Crippen molar-refractivity contribution in [3.63, 3.8) is 0 Å². The van der Waals surface area contributed by atoms with Crippen molar-refractivity contribution in [2.24, 2.45) is 0 Å². The summed E-state index contributed by atoms with van der Waals surface area (Å²) in [5, 5.41) is 1.35. The number of hydrogen-bond acceptors (Lipinski definition) is 0. The Morgan fingerprint density at radius 2 is 1.11 bits per heavy atom. The van der Waals surface area contributed by atoms with E-state index in [1.54, 1.807) is 12.1 Å². The van der Waals surface area contributed by atoms with E-state index in [4.69, 9.17) is 0 Å². The van der Waals surface area contributed by atoms with Crippen LogP contribution in [0.3, 0.4) is 0 Å². The van der Waals surface area contributed by atoms with Crippen LogP contribution in [0.2, 0.25) is 0 Å². The van der Waals surface area contributed by atoms with E-state index in [1.165, 1.54) is 30.4 Å².